The molecule has 0 atom stereocenters. The van der Waals surface area contributed by atoms with Gasteiger partial charge < -0.3 is 29.7 Å². The number of aromatic nitrogens is 3. The minimum Gasteiger partial charge on any atom is -0.496 e. The van der Waals surface area contributed by atoms with E-state index < -0.39 is 24.5 Å². The zero-order valence-corrected chi connectivity index (χ0v) is 19.6. The summed E-state index contributed by atoms with van der Waals surface area (Å²) in [6, 6.07) is 7.60. The van der Waals surface area contributed by atoms with Crippen molar-refractivity contribution in [2.24, 2.45) is 0 Å². The van der Waals surface area contributed by atoms with E-state index in [4.69, 9.17) is 9.15 Å². The highest BCUT2D eigenvalue weighted by Crippen LogP contribution is 2.29. The van der Waals surface area contributed by atoms with E-state index in [0.717, 1.165) is 11.1 Å². The summed E-state index contributed by atoms with van der Waals surface area (Å²) < 4.78 is 48.2. The molecule has 3 N–H and O–H groups in total. The maximum atomic E-state index is 12.6. The highest BCUT2D eigenvalue weighted by Gasteiger charge is 2.42. The molecule has 0 aliphatic carbocycles. The molecular weight excluding hydrogens is 499 g/mol. The first kappa shape index (κ1) is 25.5. The van der Waals surface area contributed by atoms with Gasteiger partial charge in [-0.2, -0.15) is 18.2 Å². The Hall–Kier alpha value is -4.59. The fourth-order valence-corrected chi connectivity index (χ4v) is 3.36. The maximum absolute atomic E-state index is 12.6. The van der Waals surface area contributed by atoms with Gasteiger partial charge in [0.1, 0.15) is 17.1 Å². The first-order valence-corrected chi connectivity index (χ1v) is 10.6. The molecule has 0 saturated carbocycles. The van der Waals surface area contributed by atoms with E-state index in [1.807, 2.05) is 19.9 Å². The van der Waals surface area contributed by atoms with Gasteiger partial charge >= 0.3 is 17.9 Å². The van der Waals surface area contributed by atoms with Crippen LogP contribution in [-0.4, -0.2) is 39.1 Å². The Morgan fingerprint density at radius 2 is 1.92 bits per heavy atom. The topological polar surface area (TPSA) is 141 Å². The molecular formula is C23H20F3N5O6. The number of aryl methyl sites for hydroxylation is 1. The number of fused-ring (bicyclic) bond motifs is 1. The van der Waals surface area contributed by atoms with Gasteiger partial charge in [0.25, 0.3) is 0 Å². The third-order valence-corrected chi connectivity index (χ3v) is 5.34. The molecule has 0 bridgehead atoms. The van der Waals surface area contributed by atoms with Crippen LogP contribution in [0.2, 0.25) is 0 Å². The lowest BCUT2D eigenvalue weighted by Gasteiger charge is -2.14. The van der Waals surface area contributed by atoms with Crippen molar-refractivity contribution >= 4 is 40.2 Å². The first-order chi connectivity index (χ1) is 17.5. The third-order valence-electron chi connectivity index (χ3n) is 5.34. The Bertz CT molecular complexity index is 1550. The minimum atomic E-state index is -5.32. The molecule has 0 saturated heterocycles. The summed E-state index contributed by atoms with van der Waals surface area (Å²) in [5.41, 5.74) is 2.76. The number of alkyl halides is 3. The molecule has 4 rings (SSSR count). The molecule has 0 amide bonds. The average molecular weight is 519 g/mol. The summed E-state index contributed by atoms with van der Waals surface area (Å²) in [5.74, 6) is -2.91. The molecule has 2 aromatic heterocycles. The zero-order chi connectivity index (χ0) is 26.9. The molecule has 0 unspecified atom stereocenters. The van der Waals surface area contributed by atoms with Crippen LogP contribution < -0.4 is 26.0 Å². The van der Waals surface area contributed by atoms with E-state index in [-0.39, 0.29) is 33.3 Å². The van der Waals surface area contributed by atoms with E-state index in [1.165, 1.54) is 24.4 Å². The Labute approximate surface area is 206 Å². The molecule has 0 aliphatic rings. The van der Waals surface area contributed by atoms with Crippen molar-refractivity contribution < 1.29 is 37.1 Å². The summed E-state index contributed by atoms with van der Waals surface area (Å²) in [6.07, 6.45) is -3.94. The third kappa shape index (κ3) is 5.33. The number of halogens is 3. The second kappa shape index (κ2) is 9.81. The van der Waals surface area contributed by atoms with E-state index in [1.54, 1.807) is 13.2 Å². The van der Waals surface area contributed by atoms with Crippen LogP contribution in [0, 0.1) is 13.8 Å². The number of hydrogen-bond donors (Lipinski definition) is 3. The lowest BCUT2D eigenvalue weighted by atomic mass is 10.1. The predicted molar refractivity (Wildman–Crippen MR) is 125 cm³/mol. The maximum Gasteiger partial charge on any atom is 0.493 e. The Balaban J connectivity index is 1.66. The van der Waals surface area contributed by atoms with Crippen LogP contribution in [0.25, 0.3) is 11.1 Å². The first-order valence-electron chi connectivity index (χ1n) is 10.6. The normalized spacial score (nSPS) is 11.4. The standard InChI is InChI=1S/C23H20F3N5O6/c1-11-6-15(8-18(35-3)12(11)2)29-21-27-9-13(10-32)19(30-21)28-14-4-5-17-16(7-14)31(22(34)36-17)37-20(33)23(24,25)26/h4-9,32H,10H2,1-3H3,(H2,27,28,29,30). The molecule has 37 heavy (non-hydrogen) atoms. The van der Waals surface area contributed by atoms with Crippen molar-refractivity contribution in [3.05, 3.63) is 63.8 Å². The van der Waals surface area contributed by atoms with Gasteiger partial charge in [-0.05, 0) is 49.2 Å². The van der Waals surface area contributed by atoms with Crippen molar-refractivity contribution in [2.45, 2.75) is 26.6 Å². The average Bonchev–Trinajstić information content (AvgIpc) is 3.15. The smallest absolute Gasteiger partial charge is 0.493 e. The Morgan fingerprint density at radius 3 is 2.59 bits per heavy atom. The predicted octanol–water partition coefficient (Wildman–Crippen LogP) is 3.51. The Morgan fingerprint density at radius 1 is 1.16 bits per heavy atom. The summed E-state index contributed by atoms with van der Waals surface area (Å²) in [5, 5.41) is 15.7. The van der Waals surface area contributed by atoms with Crippen LogP contribution in [0.1, 0.15) is 16.7 Å². The molecule has 4 aromatic rings. The van der Waals surface area contributed by atoms with Gasteiger partial charge in [-0.1, -0.05) is 4.73 Å². The van der Waals surface area contributed by atoms with Crippen LogP contribution in [0.4, 0.5) is 36.3 Å². The minimum absolute atomic E-state index is 0.101. The van der Waals surface area contributed by atoms with Crippen molar-refractivity contribution in [3.8, 4) is 5.75 Å². The molecule has 0 fully saturated rings. The number of oxazole rings is 1. The van der Waals surface area contributed by atoms with Crippen LogP contribution in [0.3, 0.4) is 0 Å². The van der Waals surface area contributed by atoms with Gasteiger partial charge in [-0.15, -0.1) is 0 Å². The fraction of sp³-hybridized carbons (Fsp3) is 0.217. The summed E-state index contributed by atoms with van der Waals surface area (Å²) >= 11 is 0. The molecule has 0 radical (unpaired) electrons. The van der Waals surface area contributed by atoms with E-state index in [0.29, 0.717) is 17.0 Å². The van der Waals surface area contributed by atoms with E-state index >= 15 is 0 Å². The van der Waals surface area contributed by atoms with Crippen molar-refractivity contribution in [1.29, 1.82) is 0 Å². The highest BCUT2D eigenvalue weighted by molar-refractivity contribution is 5.81. The zero-order valence-electron chi connectivity index (χ0n) is 19.6. The van der Waals surface area contributed by atoms with E-state index in [2.05, 4.69) is 25.4 Å². The van der Waals surface area contributed by atoms with Crippen LogP contribution >= 0.6 is 0 Å². The summed E-state index contributed by atoms with van der Waals surface area (Å²) in [7, 11) is 1.56. The van der Waals surface area contributed by atoms with Gasteiger partial charge in [0, 0.05) is 29.2 Å². The number of carbonyl (C=O) groups excluding carboxylic acids is 1. The quantitative estimate of drug-likeness (QED) is 0.332. The second-order valence-electron chi connectivity index (χ2n) is 7.82. The number of anilines is 4. The molecule has 0 spiro atoms. The van der Waals surface area contributed by atoms with Gasteiger partial charge in [0.05, 0.1) is 13.7 Å². The molecule has 194 valence electrons. The number of rotatable bonds is 7. The Kier molecular flexibility index (Phi) is 6.76. The van der Waals surface area contributed by atoms with Crippen molar-refractivity contribution in [2.75, 3.05) is 17.7 Å². The van der Waals surface area contributed by atoms with Gasteiger partial charge in [-0.3, -0.25) is 0 Å². The molecule has 2 aromatic carbocycles. The number of aliphatic hydroxyl groups is 1. The fourth-order valence-electron chi connectivity index (χ4n) is 3.36. The van der Waals surface area contributed by atoms with E-state index in [9.17, 15) is 27.9 Å². The van der Waals surface area contributed by atoms with Crippen LogP contribution in [-0.2, 0) is 11.4 Å². The number of hydrogen-bond acceptors (Lipinski definition) is 10. The number of methoxy groups -OCH3 is 1. The van der Waals surface area contributed by atoms with Gasteiger partial charge in [0.2, 0.25) is 5.95 Å². The SMILES string of the molecule is COc1cc(Nc2ncc(CO)c(Nc3ccc4oc(=O)n(OC(=O)C(F)(F)F)c4c3)n2)cc(C)c1C. The molecule has 0 aliphatic heterocycles. The largest absolute Gasteiger partial charge is 0.496 e. The van der Waals surface area contributed by atoms with Crippen LogP contribution in [0.5, 0.6) is 5.75 Å². The number of aliphatic hydroxyl groups excluding tert-OH is 1. The summed E-state index contributed by atoms with van der Waals surface area (Å²) in [6.45, 7) is 3.41. The molecule has 14 heteroatoms. The monoisotopic (exact) mass is 519 g/mol. The number of nitrogens with one attached hydrogen (secondary N) is 2. The lowest BCUT2D eigenvalue weighted by molar-refractivity contribution is -0.200. The molecule has 2 heterocycles. The number of carbonyl (C=O) groups is 1. The molecule has 11 nitrogen and oxygen atoms in total. The van der Waals surface area contributed by atoms with Crippen molar-refractivity contribution in [1.82, 2.24) is 14.7 Å². The van der Waals surface area contributed by atoms with Gasteiger partial charge in [-0.25, -0.2) is 14.6 Å². The van der Waals surface area contributed by atoms with Crippen molar-refractivity contribution in [3.63, 3.8) is 0 Å². The lowest BCUT2D eigenvalue weighted by Crippen LogP contribution is -2.36. The number of nitrogens with zero attached hydrogens (tertiary/aromatic N) is 3. The highest BCUT2D eigenvalue weighted by atomic mass is 19.4. The van der Waals surface area contributed by atoms with Crippen LogP contribution in [0.15, 0.2) is 45.7 Å². The number of ether oxygens (including phenoxy) is 1. The number of benzene rings is 2. The second-order valence-corrected chi connectivity index (χ2v) is 7.82. The summed E-state index contributed by atoms with van der Waals surface area (Å²) in [4.78, 5) is 35.9. The van der Waals surface area contributed by atoms with Gasteiger partial charge in [0.15, 0.2) is 5.58 Å².